The van der Waals surface area contributed by atoms with E-state index >= 15 is 0 Å². The van der Waals surface area contributed by atoms with Crippen molar-refractivity contribution in [3.63, 3.8) is 0 Å². The quantitative estimate of drug-likeness (QED) is 0.680. The highest BCUT2D eigenvalue weighted by Crippen LogP contribution is 2.18. The molecule has 7 nitrogen and oxygen atoms in total. The van der Waals surface area contributed by atoms with E-state index < -0.39 is 5.54 Å². The summed E-state index contributed by atoms with van der Waals surface area (Å²) >= 11 is 0. The number of piperazine rings is 1. The second kappa shape index (κ2) is 7.95. The van der Waals surface area contributed by atoms with Crippen LogP contribution in [-0.2, 0) is 9.59 Å². The smallest absolute Gasteiger partial charge is 0.235 e. The van der Waals surface area contributed by atoms with Crippen LogP contribution in [-0.4, -0.2) is 72.5 Å². The summed E-state index contributed by atoms with van der Waals surface area (Å²) < 4.78 is 0. The van der Waals surface area contributed by atoms with Crippen LogP contribution in [0.15, 0.2) is 0 Å². The van der Waals surface area contributed by atoms with Gasteiger partial charge in [0.1, 0.15) is 5.54 Å². The van der Waals surface area contributed by atoms with Crippen molar-refractivity contribution in [2.75, 3.05) is 39.3 Å². The highest BCUT2D eigenvalue weighted by molar-refractivity contribution is 5.79. The lowest BCUT2D eigenvalue weighted by Gasteiger charge is -2.35. The zero-order valence-electron chi connectivity index (χ0n) is 15.0. The van der Waals surface area contributed by atoms with E-state index in [1.54, 1.807) is 6.92 Å². The van der Waals surface area contributed by atoms with Crippen LogP contribution in [0.3, 0.4) is 0 Å². The van der Waals surface area contributed by atoms with Crippen LogP contribution < -0.4 is 10.6 Å². The number of hydrogen-bond acceptors (Lipinski definition) is 5. The number of nitriles is 1. The molecule has 134 valence electrons. The molecule has 1 saturated carbocycles. The van der Waals surface area contributed by atoms with Gasteiger partial charge in [-0.05, 0) is 25.7 Å². The molecule has 1 atom stereocenters. The number of rotatable bonds is 7. The second-order valence-corrected chi connectivity index (χ2v) is 7.41. The van der Waals surface area contributed by atoms with Gasteiger partial charge in [0.2, 0.25) is 11.8 Å². The first-order valence-electron chi connectivity index (χ1n) is 8.78. The number of carbonyl (C=O) groups excluding carboxylic acids is 2. The largest absolute Gasteiger partial charge is 0.352 e. The minimum atomic E-state index is -0.834. The monoisotopic (exact) mass is 335 g/mol. The first-order valence-corrected chi connectivity index (χ1v) is 8.78. The molecule has 2 rings (SSSR count). The molecule has 0 aromatic carbocycles. The Kier molecular flexibility index (Phi) is 6.19. The van der Waals surface area contributed by atoms with Gasteiger partial charge in [0.15, 0.2) is 0 Å². The van der Waals surface area contributed by atoms with Gasteiger partial charge < -0.3 is 10.6 Å². The first kappa shape index (κ1) is 18.7. The van der Waals surface area contributed by atoms with Crippen molar-refractivity contribution >= 4 is 11.8 Å². The maximum Gasteiger partial charge on any atom is 0.235 e. The molecule has 1 saturated heterocycles. The van der Waals surface area contributed by atoms with Crippen molar-refractivity contribution in [3.8, 4) is 6.07 Å². The van der Waals surface area contributed by atoms with Crippen LogP contribution in [0.1, 0.15) is 33.6 Å². The summed E-state index contributed by atoms with van der Waals surface area (Å²) in [5, 5.41) is 15.1. The van der Waals surface area contributed by atoms with E-state index in [0.29, 0.717) is 19.1 Å². The molecule has 24 heavy (non-hydrogen) atoms. The fourth-order valence-electron chi connectivity index (χ4n) is 2.64. The molecular formula is C17H29N5O2. The number of nitrogens with one attached hydrogen (secondary N) is 2. The molecule has 1 aliphatic heterocycles. The number of amides is 2. The van der Waals surface area contributed by atoms with Gasteiger partial charge in [0, 0.05) is 32.2 Å². The topological polar surface area (TPSA) is 88.5 Å². The van der Waals surface area contributed by atoms with Gasteiger partial charge in [-0.25, -0.2) is 0 Å². The van der Waals surface area contributed by atoms with Crippen molar-refractivity contribution in [2.45, 2.75) is 45.2 Å². The molecule has 0 spiro atoms. The van der Waals surface area contributed by atoms with Crippen molar-refractivity contribution < 1.29 is 9.59 Å². The van der Waals surface area contributed by atoms with Crippen molar-refractivity contribution in [1.82, 2.24) is 20.4 Å². The molecule has 0 radical (unpaired) electrons. The summed E-state index contributed by atoms with van der Waals surface area (Å²) in [6, 6.07) is 2.59. The maximum atomic E-state index is 12.2. The average molecular weight is 335 g/mol. The predicted molar refractivity (Wildman–Crippen MR) is 91.0 cm³/mol. The van der Waals surface area contributed by atoms with E-state index in [1.165, 1.54) is 0 Å². The van der Waals surface area contributed by atoms with Crippen LogP contribution in [0.2, 0.25) is 0 Å². The first-order chi connectivity index (χ1) is 11.3. The van der Waals surface area contributed by atoms with Crippen LogP contribution >= 0.6 is 0 Å². The average Bonchev–Trinajstić information content (AvgIpc) is 3.32. The number of hydrogen-bond donors (Lipinski definition) is 2. The fraction of sp³-hybridized carbons (Fsp3) is 0.824. The Balaban J connectivity index is 1.69. The molecule has 2 fully saturated rings. The zero-order valence-corrected chi connectivity index (χ0v) is 15.0. The standard InChI is InChI=1S/C17H29N5O2/c1-13(2)17(3,12-18)20-16(24)11-22-8-6-21(7-9-22)10-15(23)19-14-4-5-14/h13-14H,4-11H2,1-3H3,(H,19,23)(H,20,24). The molecular weight excluding hydrogens is 306 g/mol. The van der Waals surface area contributed by atoms with Gasteiger partial charge >= 0.3 is 0 Å². The Hall–Kier alpha value is -1.65. The molecule has 1 heterocycles. The van der Waals surface area contributed by atoms with E-state index in [4.69, 9.17) is 0 Å². The van der Waals surface area contributed by atoms with Crippen molar-refractivity contribution in [2.24, 2.45) is 5.92 Å². The Morgan fingerprint density at radius 3 is 2.04 bits per heavy atom. The molecule has 0 aromatic heterocycles. The van der Waals surface area contributed by atoms with Crippen molar-refractivity contribution in [1.29, 1.82) is 5.26 Å². The third-order valence-electron chi connectivity index (χ3n) is 4.93. The highest BCUT2D eigenvalue weighted by atomic mass is 16.2. The fourth-order valence-corrected chi connectivity index (χ4v) is 2.64. The summed E-state index contributed by atoms with van der Waals surface area (Å²) in [5.41, 5.74) is -0.834. The molecule has 1 unspecified atom stereocenters. The highest BCUT2D eigenvalue weighted by Gasteiger charge is 2.31. The number of carbonyl (C=O) groups is 2. The van der Waals surface area contributed by atoms with Gasteiger partial charge in [0.25, 0.3) is 0 Å². The van der Waals surface area contributed by atoms with E-state index in [9.17, 15) is 14.9 Å². The summed E-state index contributed by atoms with van der Waals surface area (Å²) in [5.74, 6) is 0.0337. The molecule has 2 N–H and O–H groups in total. The summed E-state index contributed by atoms with van der Waals surface area (Å²) in [7, 11) is 0. The van der Waals surface area contributed by atoms with Gasteiger partial charge in [-0.3, -0.25) is 19.4 Å². The Bertz CT molecular complexity index is 504. The van der Waals surface area contributed by atoms with Crippen molar-refractivity contribution in [3.05, 3.63) is 0 Å². The Morgan fingerprint density at radius 2 is 1.62 bits per heavy atom. The van der Waals surface area contributed by atoms with Gasteiger partial charge in [-0.1, -0.05) is 13.8 Å². The Labute approximate surface area is 144 Å². The van der Waals surface area contributed by atoms with Gasteiger partial charge in [0.05, 0.1) is 19.2 Å². The Morgan fingerprint density at radius 1 is 1.12 bits per heavy atom. The summed E-state index contributed by atoms with van der Waals surface area (Å²) in [4.78, 5) is 28.2. The van der Waals surface area contributed by atoms with E-state index in [2.05, 4.69) is 26.5 Å². The summed E-state index contributed by atoms with van der Waals surface area (Å²) in [6.07, 6.45) is 2.21. The normalized spacial score (nSPS) is 21.8. The molecule has 1 aliphatic carbocycles. The third kappa shape index (κ3) is 5.46. The van der Waals surface area contributed by atoms with Crippen LogP contribution in [0.4, 0.5) is 0 Å². The van der Waals surface area contributed by atoms with E-state index in [0.717, 1.165) is 39.0 Å². The molecule has 0 bridgehead atoms. The maximum absolute atomic E-state index is 12.2. The van der Waals surface area contributed by atoms with E-state index in [1.807, 2.05) is 13.8 Å². The molecule has 2 amide bonds. The third-order valence-corrected chi connectivity index (χ3v) is 4.93. The zero-order chi connectivity index (χ0) is 17.7. The number of nitrogens with zero attached hydrogens (tertiary/aromatic N) is 3. The molecule has 0 aromatic rings. The lowest BCUT2D eigenvalue weighted by Crippen LogP contribution is -2.55. The predicted octanol–water partition coefficient (Wildman–Crippen LogP) is -0.0629. The van der Waals surface area contributed by atoms with Gasteiger partial charge in [-0.2, -0.15) is 5.26 Å². The summed E-state index contributed by atoms with van der Waals surface area (Å²) in [6.45, 7) is 9.43. The minimum Gasteiger partial charge on any atom is -0.352 e. The minimum absolute atomic E-state index is 0.0493. The van der Waals surface area contributed by atoms with E-state index in [-0.39, 0.29) is 17.7 Å². The molecule has 2 aliphatic rings. The van der Waals surface area contributed by atoms with Gasteiger partial charge in [-0.15, -0.1) is 0 Å². The van der Waals surface area contributed by atoms with Crippen LogP contribution in [0, 0.1) is 17.2 Å². The lowest BCUT2D eigenvalue weighted by molar-refractivity contribution is -0.126. The van der Waals surface area contributed by atoms with Crippen LogP contribution in [0.5, 0.6) is 0 Å². The SMILES string of the molecule is CC(C)C(C)(C#N)NC(=O)CN1CCN(CC(=O)NC2CC2)CC1. The van der Waals surface area contributed by atoms with Crippen LogP contribution in [0.25, 0.3) is 0 Å². The molecule has 7 heteroatoms. The second-order valence-electron chi connectivity index (χ2n) is 7.41. The lowest BCUT2D eigenvalue weighted by atomic mass is 9.90.